The van der Waals surface area contributed by atoms with E-state index in [0.717, 1.165) is 5.56 Å². The fourth-order valence-electron chi connectivity index (χ4n) is 0.814. The number of hydrogen-bond acceptors (Lipinski definition) is 3. The maximum absolute atomic E-state index is 8.55. The topological polar surface area (TPSA) is 74.2 Å². The van der Waals surface area contributed by atoms with Crippen LogP contribution >= 0.6 is 12.2 Å². The van der Waals surface area contributed by atoms with E-state index in [4.69, 9.17) is 11.0 Å². The Kier molecular flexibility index (Phi) is 3.58. The molecule has 70 valence electrons. The normalized spacial score (nSPS) is 9.64. The summed E-state index contributed by atoms with van der Waals surface area (Å²) >= 11 is 4.56. The van der Waals surface area contributed by atoms with Gasteiger partial charge in [-0.05, 0) is 29.9 Å². The van der Waals surface area contributed by atoms with Gasteiger partial charge in [-0.1, -0.05) is 12.1 Å². The first-order valence-corrected chi connectivity index (χ1v) is 4.22. The van der Waals surface area contributed by atoms with Crippen LogP contribution in [0.15, 0.2) is 29.4 Å². The minimum Gasteiger partial charge on any atom is -0.375 e. The van der Waals surface area contributed by atoms with Gasteiger partial charge in [0.05, 0.1) is 17.8 Å². The van der Waals surface area contributed by atoms with E-state index in [0.29, 0.717) is 5.56 Å². The molecule has 1 aromatic carbocycles. The Morgan fingerprint density at radius 2 is 2.14 bits per heavy atom. The van der Waals surface area contributed by atoms with Crippen molar-refractivity contribution in [2.24, 2.45) is 10.8 Å². The second-order valence-electron chi connectivity index (χ2n) is 2.47. The van der Waals surface area contributed by atoms with Crippen molar-refractivity contribution in [3.8, 4) is 6.07 Å². The number of hydrogen-bond donors (Lipinski definition) is 2. The molecule has 0 aliphatic carbocycles. The van der Waals surface area contributed by atoms with Crippen molar-refractivity contribution in [3.63, 3.8) is 0 Å². The van der Waals surface area contributed by atoms with Crippen LogP contribution in [0.5, 0.6) is 0 Å². The number of hydrazone groups is 1. The summed E-state index contributed by atoms with van der Waals surface area (Å²) in [7, 11) is 0. The van der Waals surface area contributed by atoms with Gasteiger partial charge < -0.3 is 5.73 Å². The lowest BCUT2D eigenvalue weighted by Crippen LogP contribution is -2.23. The van der Waals surface area contributed by atoms with Crippen LogP contribution in [0.4, 0.5) is 0 Å². The van der Waals surface area contributed by atoms with Crippen molar-refractivity contribution in [2.75, 3.05) is 0 Å². The van der Waals surface area contributed by atoms with E-state index in [-0.39, 0.29) is 5.11 Å². The maximum Gasteiger partial charge on any atom is 0.184 e. The number of nitrogens with one attached hydrogen (secondary N) is 1. The van der Waals surface area contributed by atoms with Crippen molar-refractivity contribution in [2.45, 2.75) is 0 Å². The smallest absolute Gasteiger partial charge is 0.184 e. The predicted octanol–water partition coefficient (Wildman–Crippen LogP) is 0.725. The van der Waals surface area contributed by atoms with Gasteiger partial charge in [-0.15, -0.1) is 0 Å². The molecule has 0 bridgehead atoms. The first-order valence-electron chi connectivity index (χ1n) is 3.81. The zero-order valence-corrected chi connectivity index (χ0v) is 8.08. The van der Waals surface area contributed by atoms with Crippen molar-refractivity contribution in [3.05, 3.63) is 35.4 Å². The summed E-state index contributed by atoms with van der Waals surface area (Å²) < 4.78 is 0. The Labute approximate surface area is 87.0 Å². The molecule has 3 N–H and O–H groups in total. The molecule has 0 fully saturated rings. The Balaban J connectivity index is 2.65. The van der Waals surface area contributed by atoms with Gasteiger partial charge in [0.15, 0.2) is 5.11 Å². The zero-order chi connectivity index (χ0) is 10.4. The van der Waals surface area contributed by atoms with E-state index in [1.165, 1.54) is 0 Å². The summed E-state index contributed by atoms with van der Waals surface area (Å²) in [6, 6.07) is 9.01. The fraction of sp³-hybridized carbons (Fsp3) is 0. The Morgan fingerprint density at radius 1 is 1.50 bits per heavy atom. The molecule has 0 aromatic heterocycles. The number of rotatable bonds is 2. The summed E-state index contributed by atoms with van der Waals surface area (Å²) in [5, 5.41) is 12.4. The standard InChI is InChI=1S/C9H8N4S/c10-5-7-1-3-8(4-2-7)6-12-13-9(11)14/h1-4,6H,(H3,11,13,14)/b12-6-. The van der Waals surface area contributed by atoms with Crippen LogP contribution in [-0.4, -0.2) is 11.3 Å². The maximum atomic E-state index is 8.55. The van der Waals surface area contributed by atoms with Crippen molar-refractivity contribution >= 4 is 23.5 Å². The summed E-state index contributed by atoms with van der Waals surface area (Å²) in [5.74, 6) is 0. The second kappa shape index (κ2) is 4.94. The molecule has 0 spiro atoms. The highest BCUT2D eigenvalue weighted by Crippen LogP contribution is 2.00. The average Bonchev–Trinajstić information content (AvgIpc) is 2.18. The minimum absolute atomic E-state index is 0.120. The molecule has 0 radical (unpaired) electrons. The SMILES string of the molecule is N#Cc1ccc(/C=N\NC(N)=S)cc1. The molecule has 0 heterocycles. The fourth-order valence-corrected chi connectivity index (χ4v) is 0.867. The highest BCUT2D eigenvalue weighted by molar-refractivity contribution is 7.80. The van der Waals surface area contributed by atoms with Gasteiger partial charge >= 0.3 is 0 Å². The summed E-state index contributed by atoms with van der Waals surface area (Å²) in [5.41, 5.74) is 9.09. The Bertz CT molecular complexity index is 388. The largest absolute Gasteiger partial charge is 0.375 e. The molecule has 0 aliphatic rings. The summed E-state index contributed by atoms with van der Waals surface area (Å²) in [6.45, 7) is 0. The molecular weight excluding hydrogens is 196 g/mol. The van der Waals surface area contributed by atoms with E-state index >= 15 is 0 Å². The highest BCUT2D eigenvalue weighted by Gasteiger charge is 1.89. The lowest BCUT2D eigenvalue weighted by atomic mass is 10.2. The van der Waals surface area contributed by atoms with Crippen molar-refractivity contribution < 1.29 is 0 Å². The molecule has 0 saturated carbocycles. The van der Waals surface area contributed by atoms with Gasteiger partial charge in [-0.3, -0.25) is 5.43 Å². The quantitative estimate of drug-likeness (QED) is 0.423. The van der Waals surface area contributed by atoms with Crippen LogP contribution in [-0.2, 0) is 0 Å². The summed E-state index contributed by atoms with van der Waals surface area (Å²) in [6.07, 6.45) is 1.57. The number of benzene rings is 1. The van der Waals surface area contributed by atoms with Gasteiger partial charge in [-0.2, -0.15) is 10.4 Å². The van der Waals surface area contributed by atoms with E-state index in [1.54, 1.807) is 30.5 Å². The molecule has 0 saturated heterocycles. The molecule has 4 nitrogen and oxygen atoms in total. The van der Waals surface area contributed by atoms with Gasteiger partial charge in [0, 0.05) is 0 Å². The average molecular weight is 204 g/mol. The number of nitrogens with zero attached hydrogens (tertiary/aromatic N) is 2. The van der Waals surface area contributed by atoms with Crippen LogP contribution in [0, 0.1) is 11.3 Å². The second-order valence-corrected chi connectivity index (χ2v) is 2.91. The van der Waals surface area contributed by atoms with Crippen molar-refractivity contribution in [1.82, 2.24) is 5.43 Å². The Morgan fingerprint density at radius 3 is 2.64 bits per heavy atom. The van der Waals surface area contributed by atoms with Crippen LogP contribution in [0.2, 0.25) is 0 Å². The van der Waals surface area contributed by atoms with Crippen LogP contribution in [0.25, 0.3) is 0 Å². The molecule has 1 aromatic rings. The third-order valence-corrected chi connectivity index (χ3v) is 1.52. The van der Waals surface area contributed by atoms with Gasteiger partial charge in [0.2, 0.25) is 0 Å². The predicted molar refractivity (Wildman–Crippen MR) is 58.7 cm³/mol. The number of nitriles is 1. The molecule has 0 aliphatic heterocycles. The van der Waals surface area contributed by atoms with Crippen molar-refractivity contribution in [1.29, 1.82) is 5.26 Å². The molecule has 5 heteroatoms. The Hall–Kier alpha value is -1.93. The monoisotopic (exact) mass is 204 g/mol. The molecule has 14 heavy (non-hydrogen) atoms. The number of thiocarbonyl (C=S) groups is 1. The molecular formula is C9H8N4S. The number of nitrogens with two attached hydrogens (primary N) is 1. The molecule has 0 unspecified atom stereocenters. The summed E-state index contributed by atoms with van der Waals surface area (Å²) in [4.78, 5) is 0. The van der Waals surface area contributed by atoms with Gasteiger partial charge in [0.1, 0.15) is 0 Å². The molecule has 0 atom stereocenters. The first kappa shape index (κ1) is 10.2. The van der Waals surface area contributed by atoms with Gasteiger partial charge in [0.25, 0.3) is 0 Å². The van der Waals surface area contributed by atoms with E-state index < -0.39 is 0 Å². The zero-order valence-electron chi connectivity index (χ0n) is 7.27. The van der Waals surface area contributed by atoms with Gasteiger partial charge in [-0.25, -0.2) is 0 Å². The third-order valence-electron chi connectivity index (χ3n) is 1.43. The molecule has 1 rings (SSSR count). The lowest BCUT2D eigenvalue weighted by Gasteiger charge is -1.94. The van der Waals surface area contributed by atoms with Crippen LogP contribution < -0.4 is 11.2 Å². The first-order chi connectivity index (χ1) is 6.72. The minimum atomic E-state index is 0.120. The lowest BCUT2D eigenvalue weighted by molar-refractivity contribution is 1.04. The molecule has 0 amide bonds. The van der Waals surface area contributed by atoms with E-state index in [9.17, 15) is 0 Å². The highest BCUT2D eigenvalue weighted by atomic mass is 32.1. The van der Waals surface area contributed by atoms with E-state index in [1.807, 2.05) is 6.07 Å². The van der Waals surface area contributed by atoms with Crippen LogP contribution in [0.1, 0.15) is 11.1 Å². The third kappa shape index (κ3) is 3.21. The van der Waals surface area contributed by atoms with E-state index in [2.05, 4.69) is 22.7 Å². The van der Waals surface area contributed by atoms with Crippen LogP contribution in [0.3, 0.4) is 0 Å².